The first-order chi connectivity index (χ1) is 15.1. The van der Waals surface area contributed by atoms with Crippen molar-refractivity contribution >= 4 is 17.5 Å². The van der Waals surface area contributed by atoms with Crippen molar-refractivity contribution in [1.82, 2.24) is 4.90 Å². The number of carbonyl (C=O) groups is 2. The lowest BCUT2D eigenvalue weighted by Gasteiger charge is -2.38. The van der Waals surface area contributed by atoms with E-state index in [-0.39, 0.29) is 25.0 Å². The number of aliphatic hydroxyl groups is 1. The zero-order valence-electron chi connectivity index (χ0n) is 17.8. The topological polar surface area (TPSA) is 88.1 Å². The first-order valence-corrected chi connectivity index (χ1v) is 10.6. The number of aliphatic hydroxyl groups excluding tert-OH is 1. The lowest BCUT2D eigenvalue weighted by atomic mass is 10.00. The zero-order valence-corrected chi connectivity index (χ0v) is 17.8. The highest BCUT2D eigenvalue weighted by molar-refractivity contribution is 5.90. The Morgan fingerprint density at radius 3 is 2.68 bits per heavy atom. The molecule has 0 unspecified atom stereocenters. The van der Waals surface area contributed by atoms with E-state index in [1.807, 2.05) is 37.3 Å². The van der Waals surface area contributed by atoms with Gasteiger partial charge in [0, 0.05) is 25.3 Å². The Hall–Kier alpha value is -2.74. The zero-order chi connectivity index (χ0) is 22.1. The van der Waals surface area contributed by atoms with E-state index in [9.17, 15) is 14.7 Å². The van der Waals surface area contributed by atoms with E-state index < -0.39 is 12.1 Å². The lowest BCUT2D eigenvalue weighted by Crippen LogP contribution is -2.53. The summed E-state index contributed by atoms with van der Waals surface area (Å²) in [5.74, 6) is -0.220. The number of aryl methyl sites for hydroxylation is 1. The van der Waals surface area contributed by atoms with Crippen LogP contribution in [0.15, 0.2) is 54.6 Å². The highest BCUT2D eigenvalue weighted by atomic mass is 16.5. The predicted octanol–water partition coefficient (Wildman–Crippen LogP) is 2.56. The minimum Gasteiger partial charge on any atom is -0.386 e. The first-order valence-electron chi connectivity index (χ1n) is 10.6. The molecule has 1 heterocycles. The van der Waals surface area contributed by atoms with Crippen molar-refractivity contribution in [3.8, 4) is 0 Å². The molecule has 0 saturated carbocycles. The van der Waals surface area contributed by atoms with Crippen molar-refractivity contribution in [3.05, 3.63) is 65.7 Å². The highest BCUT2D eigenvalue weighted by Crippen LogP contribution is 2.25. The number of nitrogens with zero attached hydrogens (tertiary/aromatic N) is 1. The van der Waals surface area contributed by atoms with Gasteiger partial charge in [-0.1, -0.05) is 42.5 Å². The number of hydrogen-bond acceptors (Lipinski definition) is 5. The molecule has 3 rings (SSSR count). The van der Waals surface area contributed by atoms with Crippen LogP contribution in [0, 0.1) is 0 Å². The average Bonchev–Trinajstić information content (AvgIpc) is 2.79. The maximum Gasteiger partial charge on any atom is 0.249 e. The summed E-state index contributed by atoms with van der Waals surface area (Å²) in [6.45, 7) is 3.58. The molecule has 2 aromatic rings. The predicted molar refractivity (Wildman–Crippen MR) is 118 cm³/mol. The van der Waals surface area contributed by atoms with Gasteiger partial charge in [0.05, 0.1) is 19.3 Å². The van der Waals surface area contributed by atoms with Crippen LogP contribution in [0.3, 0.4) is 0 Å². The van der Waals surface area contributed by atoms with E-state index in [4.69, 9.17) is 9.47 Å². The van der Waals surface area contributed by atoms with E-state index in [2.05, 4.69) is 5.32 Å². The van der Waals surface area contributed by atoms with E-state index >= 15 is 0 Å². The number of nitrogens with one attached hydrogen (secondary N) is 1. The molecule has 0 radical (unpaired) electrons. The minimum atomic E-state index is -0.895. The van der Waals surface area contributed by atoms with Crippen molar-refractivity contribution in [3.63, 3.8) is 0 Å². The molecule has 2 N–H and O–H groups in total. The molecular formula is C24H30N2O5. The molecule has 7 nitrogen and oxygen atoms in total. The summed E-state index contributed by atoms with van der Waals surface area (Å²) < 4.78 is 10.7. The average molecular weight is 427 g/mol. The van der Waals surface area contributed by atoms with Crippen LogP contribution in [0.5, 0.6) is 0 Å². The summed E-state index contributed by atoms with van der Waals surface area (Å²) in [6.07, 6.45) is 0.176. The normalized spacial score (nSPS) is 17.4. The fraction of sp³-hybridized carbons (Fsp3) is 0.417. The number of anilines is 1. The van der Waals surface area contributed by atoms with Crippen LogP contribution in [0.4, 0.5) is 5.69 Å². The van der Waals surface area contributed by atoms with Gasteiger partial charge < -0.3 is 24.8 Å². The standard InChI is InChI=1S/C24H30N2O5/c1-2-30-15-14-26-21(16-31-17-23(26)28)24(29)19-9-11-20(12-10-19)25-22(27)13-8-18-6-4-3-5-7-18/h3-7,9-12,21,24,29H,2,8,13-17H2,1H3,(H,25,27)/t21-,24-/m1/s1. The summed E-state index contributed by atoms with van der Waals surface area (Å²) in [4.78, 5) is 26.1. The van der Waals surface area contributed by atoms with Gasteiger partial charge >= 0.3 is 0 Å². The van der Waals surface area contributed by atoms with Gasteiger partial charge in [-0.2, -0.15) is 0 Å². The molecule has 2 amide bonds. The van der Waals surface area contributed by atoms with Crippen LogP contribution >= 0.6 is 0 Å². The van der Waals surface area contributed by atoms with Crippen LogP contribution < -0.4 is 5.32 Å². The minimum absolute atomic E-state index is 0.0172. The van der Waals surface area contributed by atoms with Gasteiger partial charge in [0.2, 0.25) is 11.8 Å². The number of morpholine rings is 1. The number of benzene rings is 2. The van der Waals surface area contributed by atoms with Crippen LogP contribution in [0.25, 0.3) is 0 Å². The van der Waals surface area contributed by atoms with Crippen LogP contribution in [-0.4, -0.2) is 60.8 Å². The third kappa shape index (κ3) is 6.62. The second-order valence-electron chi connectivity index (χ2n) is 7.47. The van der Waals surface area contributed by atoms with E-state index in [0.29, 0.717) is 43.9 Å². The maximum atomic E-state index is 12.3. The van der Waals surface area contributed by atoms with Crippen LogP contribution in [0.2, 0.25) is 0 Å². The Morgan fingerprint density at radius 2 is 1.97 bits per heavy atom. The molecule has 2 aromatic carbocycles. The largest absolute Gasteiger partial charge is 0.386 e. The smallest absolute Gasteiger partial charge is 0.249 e. The van der Waals surface area contributed by atoms with Gasteiger partial charge in [-0.3, -0.25) is 9.59 Å². The summed E-state index contributed by atoms with van der Waals surface area (Å²) in [5, 5.41) is 13.8. The van der Waals surface area contributed by atoms with Gasteiger partial charge in [-0.05, 0) is 36.6 Å². The SMILES string of the molecule is CCOCCN1C(=O)COC[C@@H]1[C@H](O)c1ccc(NC(=O)CCc2ccccc2)cc1. The van der Waals surface area contributed by atoms with Crippen molar-refractivity contribution in [2.45, 2.75) is 31.9 Å². The Kier molecular flexibility index (Phi) is 8.58. The molecule has 31 heavy (non-hydrogen) atoms. The van der Waals surface area contributed by atoms with Crippen molar-refractivity contribution in [2.75, 3.05) is 38.3 Å². The third-order valence-corrected chi connectivity index (χ3v) is 5.30. The quantitative estimate of drug-likeness (QED) is 0.570. The van der Waals surface area contributed by atoms with Crippen molar-refractivity contribution in [1.29, 1.82) is 0 Å². The van der Waals surface area contributed by atoms with Gasteiger partial charge in [0.1, 0.15) is 12.7 Å². The fourth-order valence-corrected chi connectivity index (χ4v) is 3.60. The van der Waals surface area contributed by atoms with Crippen LogP contribution in [0.1, 0.15) is 30.6 Å². The molecule has 1 aliphatic rings. The number of ether oxygens (including phenoxy) is 2. The van der Waals surface area contributed by atoms with Crippen LogP contribution in [-0.2, 0) is 25.5 Å². The second-order valence-corrected chi connectivity index (χ2v) is 7.47. The number of rotatable bonds is 10. The summed E-state index contributed by atoms with van der Waals surface area (Å²) >= 11 is 0. The molecular weight excluding hydrogens is 396 g/mol. The molecule has 7 heteroatoms. The van der Waals surface area contributed by atoms with E-state index in [1.54, 1.807) is 29.2 Å². The molecule has 0 aliphatic carbocycles. The molecule has 0 spiro atoms. The highest BCUT2D eigenvalue weighted by Gasteiger charge is 2.34. The lowest BCUT2D eigenvalue weighted by molar-refractivity contribution is -0.155. The molecule has 166 valence electrons. The Bertz CT molecular complexity index is 841. The van der Waals surface area contributed by atoms with E-state index in [0.717, 1.165) is 5.56 Å². The monoisotopic (exact) mass is 426 g/mol. The summed E-state index contributed by atoms with van der Waals surface area (Å²) in [7, 11) is 0. The molecule has 1 aliphatic heterocycles. The fourth-order valence-electron chi connectivity index (χ4n) is 3.60. The molecule has 0 aromatic heterocycles. The molecule has 1 saturated heterocycles. The van der Waals surface area contributed by atoms with Gasteiger partial charge in [0.25, 0.3) is 0 Å². The summed E-state index contributed by atoms with van der Waals surface area (Å²) in [5.41, 5.74) is 2.44. The van der Waals surface area contributed by atoms with E-state index in [1.165, 1.54) is 0 Å². The van der Waals surface area contributed by atoms with Crippen molar-refractivity contribution < 1.29 is 24.2 Å². The molecule has 0 bridgehead atoms. The van der Waals surface area contributed by atoms with Gasteiger partial charge in [-0.15, -0.1) is 0 Å². The number of amides is 2. The number of carbonyl (C=O) groups excluding carboxylic acids is 2. The Morgan fingerprint density at radius 1 is 1.23 bits per heavy atom. The molecule has 2 atom stereocenters. The Labute approximate surface area is 183 Å². The second kappa shape index (κ2) is 11.6. The molecule has 1 fully saturated rings. The van der Waals surface area contributed by atoms with Gasteiger partial charge in [-0.25, -0.2) is 0 Å². The third-order valence-electron chi connectivity index (χ3n) is 5.30. The first kappa shape index (κ1) is 22.9. The van der Waals surface area contributed by atoms with Gasteiger partial charge in [0.15, 0.2) is 0 Å². The maximum absolute atomic E-state index is 12.3. The van der Waals surface area contributed by atoms with Crippen molar-refractivity contribution in [2.24, 2.45) is 0 Å². The Balaban J connectivity index is 1.56. The summed E-state index contributed by atoms with van der Waals surface area (Å²) in [6, 6.07) is 16.4. The number of hydrogen-bond donors (Lipinski definition) is 2.